The number of nitrogens with one attached hydrogen (secondary N) is 1. The average Bonchev–Trinajstić information content (AvgIpc) is 3.39. The number of hydrogen-bond acceptors (Lipinski definition) is 5. The molecule has 0 saturated carbocycles. The molecule has 160 valence electrons. The number of hydrogen-bond donors (Lipinski definition) is 1. The number of benzene rings is 3. The molecule has 32 heavy (non-hydrogen) atoms. The first-order chi connectivity index (χ1) is 15.8. The fourth-order valence-electron chi connectivity index (χ4n) is 3.62. The number of nitrogens with zero attached hydrogens (tertiary/aromatic N) is 3. The van der Waals surface area contributed by atoms with Gasteiger partial charge in [0.05, 0.1) is 28.1 Å². The lowest BCUT2D eigenvalue weighted by Gasteiger charge is -2.09. The van der Waals surface area contributed by atoms with Crippen molar-refractivity contribution in [2.45, 2.75) is 13.0 Å². The lowest BCUT2D eigenvalue weighted by molar-refractivity contribution is 0.303. The Kier molecular flexibility index (Phi) is 6.05. The van der Waals surface area contributed by atoms with Crippen LogP contribution in [0.4, 0.5) is 5.13 Å². The Morgan fingerprint density at radius 1 is 1.03 bits per heavy atom. The largest absolute Gasteiger partial charge is 0.492 e. The van der Waals surface area contributed by atoms with E-state index in [4.69, 9.17) is 16.3 Å². The van der Waals surface area contributed by atoms with E-state index in [1.807, 2.05) is 54.7 Å². The smallest absolute Gasteiger partial charge is 0.204 e. The van der Waals surface area contributed by atoms with Crippen LogP contribution in [-0.2, 0) is 6.54 Å². The van der Waals surface area contributed by atoms with E-state index in [9.17, 15) is 0 Å². The van der Waals surface area contributed by atoms with E-state index in [2.05, 4.69) is 50.5 Å². The monoisotopic (exact) mass is 460 g/mol. The van der Waals surface area contributed by atoms with Crippen LogP contribution in [0.1, 0.15) is 12.0 Å². The Labute approximate surface area is 194 Å². The minimum atomic E-state index is 0.596. The van der Waals surface area contributed by atoms with Crippen molar-refractivity contribution in [1.29, 1.82) is 0 Å². The second kappa shape index (κ2) is 9.42. The molecule has 0 aliphatic rings. The minimum absolute atomic E-state index is 0.596. The maximum Gasteiger partial charge on any atom is 0.204 e. The zero-order chi connectivity index (χ0) is 21.8. The van der Waals surface area contributed by atoms with Crippen molar-refractivity contribution >= 4 is 55.4 Å². The third kappa shape index (κ3) is 4.47. The van der Waals surface area contributed by atoms with Gasteiger partial charge < -0.3 is 9.30 Å². The standard InChI is InChI=1S/C25H21ClN4OS/c26-20-9-2-5-12-23(20)31-15-7-14-30-17-18(19-8-1-4-11-22(19)30)16-27-29-25-28-21-10-3-6-13-24(21)32-25/h1-6,8-13,16-17H,7,14-15H2,(H,28,29). The second-order valence-corrected chi connectivity index (χ2v) is 8.72. The minimum Gasteiger partial charge on any atom is -0.492 e. The summed E-state index contributed by atoms with van der Waals surface area (Å²) in [6.45, 7) is 1.43. The van der Waals surface area contributed by atoms with Gasteiger partial charge in [-0.3, -0.25) is 5.43 Å². The molecule has 0 bridgehead atoms. The van der Waals surface area contributed by atoms with Gasteiger partial charge in [-0.15, -0.1) is 0 Å². The fraction of sp³-hybridized carbons (Fsp3) is 0.120. The number of fused-ring (bicyclic) bond motifs is 2. The summed E-state index contributed by atoms with van der Waals surface area (Å²) >= 11 is 7.75. The number of hydrazone groups is 1. The molecule has 5 nitrogen and oxygen atoms in total. The molecule has 0 radical (unpaired) electrons. The van der Waals surface area contributed by atoms with Gasteiger partial charge in [-0.05, 0) is 36.8 Å². The summed E-state index contributed by atoms with van der Waals surface area (Å²) in [5, 5.41) is 7.02. The normalized spacial score (nSPS) is 11.5. The summed E-state index contributed by atoms with van der Waals surface area (Å²) in [7, 11) is 0. The first-order valence-electron chi connectivity index (χ1n) is 10.4. The van der Waals surface area contributed by atoms with E-state index < -0.39 is 0 Å². The van der Waals surface area contributed by atoms with Crippen LogP contribution >= 0.6 is 22.9 Å². The number of halogens is 1. The van der Waals surface area contributed by atoms with Crippen LogP contribution in [0.5, 0.6) is 5.75 Å². The summed E-state index contributed by atoms with van der Waals surface area (Å²) in [6.07, 6.45) is 4.85. The van der Waals surface area contributed by atoms with Crippen LogP contribution in [0, 0.1) is 0 Å². The molecule has 7 heteroatoms. The molecule has 0 fully saturated rings. The number of thiazole rings is 1. The summed E-state index contributed by atoms with van der Waals surface area (Å²) in [5.74, 6) is 0.722. The molecule has 0 aliphatic carbocycles. The summed E-state index contributed by atoms with van der Waals surface area (Å²) in [6, 6.07) is 24.0. The van der Waals surface area contributed by atoms with Crippen molar-refractivity contribution in [1.82, 2.24) is 9.55 Å². The predicted octanol–water partition coefficient (Wildman–Crippen LogP) is 6.82. The highest BCUT2D eigenvalue weighted by Crippen LogP contribution is 2.26. The molecule has 2 heterocycles. The van der Waals surface area contributed by atoms with Crippen LogP contribution in [-0.4, -0.2) is 22.4 Å². The Balaban J connectivity index is 1.26. The summed E-state index contributed by atoms with van der Waals surface area (Å²) < 4.78 is 9.21. The van der Waals surface area contributed by atoms with Gasteiger partial charge in [0.2, 0.25) is 5.13 Å². The average molecular weight is 461 g/mol. The first-order valence-corrected chi connectivity index (χ1v) is 11.6. The lowest BCUT2D eigenvalue weighted by atomic mass is 10.2. The number of anilines is 1. The number of para-hydroxylation sites is 3. The third-order valence-corrected chi connectivity index (χ3v) is 6.37. The number of aromatic nitrogens is 2. The van der Waals surface area contributed by atoms with Gasteiger partial charge in [0, 0.05) is 29.2 Å². The van der Waals surface area contributed by atoms with E-state index in [0.29, 0.717) is 11.6 Å². The Bertz CT molecular complexity index is 1360. The first kappa shape index (κ1) is 20.5. The maximum atomic E-state index is 6.16. The van der Waals surface area contributed by atoms with E-state index in [0.717, 1.165) is 45.0 Å². The second-order valence-electron chi connectivity index (χ2n) is 7.28. The van der Waals surface area contributed by atoms with Crippen molar-refractivity contribution in [3.05, 3.63) is 89.6 Å². The van der Waals surface area contributed by atoms with Gasteiger partial charge in [0.25, 0.3) is 0 Å². The van der Waals surface area contributed by atoms with Crippen molar-refractivity contribution < 1.29 is 4.74 Å². The molecule has 0 aliphatic heterocycles. The SMILES string of the molecule is Clc1ccccc1OCCCn1cc(C=NNc2nc3ccccc3s2)c2ccccc21. The number of ether oxygens (including phenoxy) is 1. The molecule has 0 spiro atoms. The van der Waals surface area contributed by atoms with Crippen LogP contribution in [0.3, 0.4) is 0 Å². The van der Waals surface area contributed by atoms with Crippen molar-refractivity contribution in [2.24, 2.45) is 5.10 Å². The van der Waals surface area contributed by atoms with Crippen LogP contribution in [0.2, 0.25) is 5.02 Å². The van der Waals surface area contributed by atoms with Crippen molar-refractivity contribution in [3.63, 3.8) is 0 Å². The fourth-order valence-corrected chi connectivity index (χ4v) is 4.62. The lowest BCUT2D eigenvalue weighted by Crippen LogP contribution is -2.04. The highest BCUT2D eigenvalue weighted by atomic mass is 35.5. The van der Waals surface area contributed by atoms with Crippen molar-refractivity contribution in [3.8, 4) is 5.75 Å². The molecule has 5 rings (SSSR count). The van der Waals surface area contributed by atoms with Crippen molar-refractivity contribution in [2.75, 3.05) is 12.0 Å². The quantitative estimate of drug-likeness (QED) is 0.157. The van der Waals surface area contributed by atoms with Gasteiger partial charge in [-0.25, -0.2) is 4.98 Å². The third-order valence-electron chi connectivity index (χ3n) is 5.11. The number of rotatable bonds is 8. The molecule has 2 aromatic heterocycles. The van der Waals surface area contributed by atoms with Gasteiger partial charge in [0.1, 0.15) is 5.75 Å². The molecule has 3 aromatic carbocycles. The summed E-state index contributed by atoms with van der Waals surface area (Å²) in [4.78, 5) is 4.56. The van der Waals surface area contributed by atoms with E-state index in [-0.39, 0.29) is 0 Å². The maximum absolute atomic E-state index is 6.16. The molecular weight excluding hydrogens is 440 g/mol. The van der Waals surface area contributed by atoms with E-state index in [1.165, 1.54) is 5.52 Å². The van der Waals surface area contributed by atoms with Gasteiger partial charge in [0.15, 0.2) is 0 Å². The zero-order valence-electron chi connectivity index (χ0n) is 17.2. The van der Waals surface area contributed by atoms with Crippen LogP contribution < -0.4 is 10.2 Å². The zero-order valence-corrected chi connectivity index (χ0v) is 18.8. The molecule has 5 aromatic rings. The molecule has 0 atom stereocenters. The van der Waals surface area contributed by atoms with E-state index in [1.54, 1.807) is 11.3 Å². The Morgan fingerprint density at radius 2 is 1.84 bits per heavy atom. The van der Waals surface area contributed by atoms with Gasteiger partial charge >= 0.3 is 0 Å². The summed E-state index contributed by atoms with van der Waals surface area (Å²) in [5.41, 5.74) is 6.27. The van der Waals surface area contributed by atoms with Crippen LogP contribution in [0.15, 0.2) is 84.1 Å². The van der Waals surface area contributed by atoms with Gasteiger partial charge in [-0.1, -0.05) is 65.4 Å². The molecule has 0 unspecified atom stereocenters. The molecular formula is C25H21ClN4OS. The Morgan fingerprint density at radius 3 is 2.75 bits per heavy atom. The highest BCUT2D eigenvalue weighted by molar-refractivity contribution is 7.22. The predicted molar refractivity (Wildman–Crippen MR) is 134 cm³/mol. The van der Waals surface area contributed by atoms with E-state index >= 15 is 0 Å². The highest BCUT2D eigenvalue weighted by Gasteiger charge is 2.07. The van der Waals surface area contributed by atoms with Gasteiger partial charge in [-0.2, -0.15) is 5.10 Å². The molecule has 0 saturated heterocycles. The van der Waals surface area contributed by atoms with Crippen LogP contribution in [0.25, 0.3) is 21.1 Å². The molecule has 1 N–H and O–H groups in total. The number of aryl methyl sites for hydroxylation is 1. The molecule has 0 amide bonds. The Hall–Kier alpha value is -3.35. The topological polar surface area (TPSA) is 51.4 Å².